The maximum Gasteiger partial charge on any atom is 0.256 e. The molecule has 0 atom stereocenters. The Labute approximate surface area is 187 Å². The molecule has 31 heavy (non-hydrogen) atoms. The van der Waals surface area contributed by atoms with Gasteiger partial charge >= 0.3 is 0 Å². The molecule has 1 saturated carbocycles. The number of nitriles is 1. The summed E-state index contributed by atoms with van der Waals surface area (Å²) in [7, 11) is -1.95. The van der Waals surface area contributed by atoms with Crippen molar-refractivity contribution >= 4 is 32.3 Å². The minimum atomic E-state index is -3.59. The molecule has 6 nitrogen and oxygen atoms in total. The van der Waals surface area contributed by atoms with E-state index in [4.69, 9.17) is 0 Å². The van der Waals surface area contributed by atoms with E-state index in [0.29, 0.717) is 16.1 Å². The fraction of sp³-hybridized carbons (Fsp3) is 0.478. The highest BCUT2D eigenvalue weighted by Crippen LogP contribution is 2.37. The van der Waals surface area contributed by atoms with Crippen LogP contribution in [0.1, 0.15) is 71.3 Å². The number of anilines is 1. The molecule has 2 aliphatic rings. The van der Waals surface area contributed by atoms with Crippen LogP contribution in [0.2, 0.25) is 0 Å². The van der Waals surface area contributed by atoms with Crippen LogP contribution in [-0.4, -0.2) is 31.7 Å². The molecule has 2 aromatic rings. The van der Waals surface area contributed by atoms with Gasteiger partial charge in [0.2, 0.25) is 10.0 Å². The number of carbonyl (C=O) groups is 1. The number of fused-ring (bicyclic) bond motifs is 1. The fourth-order valence-electron chi connectivity index (χ4n) is 4.53. The molecule has 0 radical (unpaired) electrons. The minimum absolute atomic E-state index is 0.0380. The summed E-state index contributed by atoms with van der Waals surface area (Å²) in [6, 6.07) is 8.35. The molecule has 0 aliphatic heterocycles. The summed E-state index contributed by atoms with van der Waals surface area (Å²) in [6.07, 6.45) is 9.06. The van der Waals surface area contributed by atoms with E-state index in [1.165, 1.54) is 44.8 Å². The number of rotatable bonds is 5. The third kappa shape index (κ3) is 4.40. The summed E-state index contributed by atoms with van der Waals surface area (Å²) < 4.78 is 27.5. The van der Waals surface area contributed by atoms with Crippen LogP contribution < -0.4 is 5.32 Å². The maximum atomic E-state index is 13.0. The molecule has 164 valence electrons. The lowest BCUT2D eigenvalue weighted by molar-refractivity contribution is 0.102. The lowest BCUT2D eigenvalue weighted by Gasteiger charge is -2.30. The number of hydrogen-bond acceptors (Lipinski definition) is 5. The Morgan fingerprint density at radius 3 is 2.45 bits per heavy atom. The van der Waals surface area contributed by atoms with Gasteiger partial charge < -0.3 is 5.32 Å². The smallest absolute Gasteiger partial charge is 0.256 e. The van der Waals surface area contributed by atoms with Gasteiger partial charge in [0.1, 0.15) is 11.1 Å². The predicted molar refractivity (Wildman–Crippen MR) is 122 cm³/mol. The molecular weight excluding hydrogens is 430 g/mol. The summed E-state index contributed by atoms with van der Waals surface area (Å²) in [5.41, 5.74) is 2.01. The molecule has 0 bridgehead atoms. The number of sulfonamides is 1. The Bertz CT molecular complexity index is 1110. The Kier molecular flexibility index (Phi) is 6.47. The van der Waals surface area contributed by atoms with Crippen LogP contribution >= 0.6 is 11.3 Å². The van der Waals surface area contributed by atoms with Gasteiger partial charge in [0.15, 0.2) is 0 Å². The molecule has 8 heteroatoms. The van der Waals surface area contributed by atoms with Crippen LogP contribution in [-0.2, 0) is 22.9 Å². The third-order valence-corrected chi connectivity index (χ3v) is 9.52. The van der Waals surface area contributed by atoms with Gasteiger partial charge in [0.25, 0.3) is 5.91 Å². The van der Waals surface area contributed by atoms with Gasteiger partial charge in [0, 0.05) is 23.5 Å². The van der Waals surface area contributed by atoms with Crippen molar-refractivity contribution in [3.8, 4) is 6.07 Å². The average molecular weight is 458 g/mol. The lowest BCUT2D eigenvalue weighted by atomic mass is 9.96. The molecule has 1 fully saturated rings. The molecule has 1 aromatic heterocycles. The van der Waals surface area contributed by atoms with Crippen LogP contribution in [0.25, 0.3) is 0 Å². The minimum Gasteiger partial charge on any atom is -0.312 e. The largest absolute Gasteiger partial charge is 0.312 e. The summed E-state index contributed by atoms with van der Waals surface area (Å²) in [5.74, 6) is -0.334. The Balaban J connectivity index is 1.50. The highest BCUT2D eigenvalue weighted by molar-refractivity contribution is 7.89. The van der Waals surface area contributed by atoms with Crippen molar-refractivity contribution in [3.63, 3.8) is 0 Å². The van der Waals surface area contributed by atoms with E-state index in [1.807, 2.05) is 0 Å². The van der Waals surface area contributed by atoms with Crippen molar-refractivity contribution in [2.45, 2.75) is 68.7 Å². The summed E-state index contributed by atoms with van der Waals surface area (Å²) >= 11 is 1.48. The summed E-state index contributed by atoms with van der Waals surface area (Å²) in [6.45, 7) is 0. The molecule has 1 amide bonds. The number of nitrogens with one attached hydrogen (secondary N) is 1. The molecule has 4 rings (SSSR count). The first kappa shape index (κ1) is 22.0. The van der Waals surface area contributed by atoms with Crippen molar-refractivity contribution in [1.29, 1.82) is 5.26 Å². The monoisotopic (exact) mass is 457 g/mol. The second-order valence-corrected chi connectivity index (χ2v) is 11.4. The van der Waals surface area contributed by atoms with E-state index in [0.717, 1.165) is 63.4 Å². The fourth-order valence-corrected chi connectivity index (χ4v) is 7.18. The molecular formula is C23H27N3O3S2. The standard InChI is InChI=1S/C23H27N3O3S2/c1-26(17-7-3-2-4-8-17)31(28,29)18-13-11-16(12-14-18)22(27)25-23-20(15-24)19-9-5-6-10-21(19)30-23/h11-14,17H,2-10H2,1H3,(H,25,27). The van der Waals surface area contributed by atoms with Gasteiger partial charge in [-0.1, -0.05) is 19.3 Å². The molecule has 1 N–H and O–H groups in total. The van der Waals surface area contributed by atoms with Crippen LogP contribution in [0.4, 0.5) is 5.00 Å². The number of nitrogens with zero attached hydrogens (tertiary/aromatic N) is 2. The normalized spacial score (nSPS) is 17.2. The van der Waals surface area contributed by atoms with Crippen LogP contribution in [0.3, 0.4) is 0 Å². The van der Waals surface area contributed by atoms with Crippen molar-refractivity contribution in [2.75, 3.05) is 12.4 Å². The predicted octanol–water partition coefficient (Wildman–Crippen LogP) is 4.70. The third-order valence-electron chi connectivity index (χ3n) is 6.39. The zero-order valence-corrected chi connectivity index (χ0v) is 19.3. The van der Waals surface area contributed by atoms with E-state index in [1.54, 1.807) is 7.05 Å². The zero-order chi connectivity index (χ0) is 22.0. The van der Waals surface area contributed by atoms with Crippen LogP contribution in [0.15, 0.2) is 29.2 Å². The second kappa shape index (κ2) is 9.11. The van der Waals surface area contributed by atoms with E-state index < -0.39 is 10.0 Å². The lowest BCUT2D eigenvalue weighted by Crippen LogP contribution is -2.38. The zero-order valence-electron chi connectivity index (χ0n) is 17.7. The van der Waals surface area contributed by atoms with Crippen molar-refractivity contribution in [3.05, 3.63) is 45.8 Å². The SMILES string of the molecule is CN(C1CCCCC1)S(=O)(=O)c1ccc(C(=O)Nc2sc3c(c2C#N)CCCC3)cc1. The van der Waals surface area contributed by atoms with Crippen molar-refractivity contribution < 1.29 is 13.2 Å². The van der Waals surface area contributed by atoms with Gasteiger partial charge in [-0.25, -0.2) is 8.42 Å². The first-order valence-corrected chi connectivity index (χ1v) is 13.1. The first-order chi connectivity index (χ1) is 14.9. The number of benzene rings is 1. The van der Waals surface area contributed by atoms with E-state index >= 15 is 0 Å². The van der Waals surface area contributed by atoms with E-state index in [9.17, 15) is 18.5 Å². The number of thiophene rings is 1. The van der Waals surface area contributed by atoms with Gasteiger partial charge in [-0.3, -0.25) is 4.79 Å². The molecule has 0 spiro atoms. The highest BCUT2D eigenvalue weighted by Gasteiger charge is 2.29. The first-order valence-electron chi connectivity index (χ1n) is 10.9. The van der Waals surface area contributed by atoms with Crippen LogP contribution in [0.5, 0.6) is 0 Å². The summed E-state index contributed by atoms with van der Waals surface area (Å²) in [5, 5.41) is 13.0. The maximum absolute atomic E-state index is 13.0. The molecule has 1 heterocycles. The van der Waals surface area contributed by atoms with Gasteiger partial charge in [-0.05, 0) is 68.4 Å². The van der Waals surface area contributed by atoms with Crippen LogP contribution in [0, 0.1) is 11.3 Å². The topological polar surface area (TPSA) is 90.3 Å². The highest BCUT2D eigenvalue weighted by atomic mass is 32.2. The van der Waals surface area contributed by atoms with Gasteiger partial charge in [-0.15, -0.1) is 11.3 Å². The van der Waals surface area contributed by atoms with Gasteiger partial charge in [-0.2, -0.15) is 9.57 Å². The average Bonchev–Trinajstić information content (AvgIpc) is 3.16. The number of carbonyl (C=O) groups excluding carboxylic acids is 1. The summed E-state index contributed by atoms with van der Waals surface area (Å²) in [4.78, 5) is 14.1. The molecule has 1 aromatic carbocycles. The number of hydrogen-bond donors (Lipinski definition) is 1. The van der Waals surface area contributed by atoms with E-state index in [-0.39, 0.29) is 16.8 Å². The Morgan fingerprint density at radius 1 is 1.10 bits per heavy atom. The number of aryl methyl sites for hydroxylation is 1. The van der Waals surface area contributed by atoms with Crippen molar-refractivity contribution in [2.24, 2.45) is 0 Å². The quantitative estimate of drug-likeness (QED) is 0.704. The van der Waals surface area contributed by atoms with Gasteiger partial charge in [0.05, 0.1) is 10.5 Å². The van der Waals surface area contributed by atoms with Crippen molar-refractivity contribution in [1.82, 2.24) is 4.31 Å². The Morgan fingerprint density at radius 2 is 1.77 bits per heavy atom. The molecule has 0 unspecified atom stereocenters. The number of amides is 1. The second-order valence-electron chi connectivity index (χ2n) is 8.32. The molecule has 0 saturated heterocycles. The van der Waals surface area contributed by atoms with E-state index in [2.05, 4.69) is 11.4 Å². The Hall–Kier alpha value is -2.21. The molecule has 2 aliphatic carbocycles.